The van der Waals surface area contributed by atoms with E-state index in [1.165, 1.54) is 11.1 Å². The average Bonchev–Trinajstić information content (AvgIpc) is 2.89. The molecule has 0 fully saturated rings. The van der Waals surface area contributed by atoms with Crippen molar-refractivity contribution in [3.8, 4) is 0 Å². The average molecular weight is 287 g/mol. The molecule has 114 valence electrons. The van der Waals surface area contributed by atoms with E-state index in [9.17, 15) is 0 Å². The fraction of sp³-hybridized carbons (Fsp3) is 0.471. The summed E-state index contributed by atoms with van der Waals surface area (Å²) < 4.78 is 5.44. The number of rotatable bonds is 6. The van der Waals surface area contributed by atoms with Gasteiger partial charge in [0.05, 0.1) is 12.8 Å². The number of aromatic nitrogens is 1. The maximum Gasteiger partial charge on any atom is 0.133 e. The van der Waals surface area contributed by atoms with Gasteiger partial charge in [0.2, 0.25) is 0 Å². The second kappa shape index (κ2) is 6.76. The molecular weight excluding hydrogens is 262 g/mol. The van der Waals surface area contributed by atoms with Crippen LogP contribution in [0.15, 0.2) is 28.9 Å². The number of hydrogen-bond acceptors (Lipinski definition) is 4. The van der Waals surface area contributed by atoms with E-state index in [1.807, 2.05) is 19.1 Å². The topological polar surface area (TPSA) is 41.3 Å². The Bertz CT molecular complexity index is 576. The summed E-state index contributed by atoms with van der Waals surface area (Å²) in [5, 5.41) is 3.49. The van der Waals surface area contributed by atoms with Gasteiger partial charge in [-0.15, -0.1) is 0 Å². The van der Waals surface area contributed by atoms with Crippen LogP contribution in [0.4, 0.5) is 5.82 Å². The maximum atomic E-state index is 5.44. The van der Waals surface area contributed by atoms with Crippen molar-refractivity contribution in [2.75, 3.05) is 11.9 Å². The number of pyridine rings is 1. The highest BCUT2D eigenvalue weighted by molar-refractivity contribution is 5.51. The van der Waals surface area contributed by atoms with E-state index in [2.05, 4.69) is 44.1 Å². The molecule has 0 aliphatic carbocycles. The molecule has 0 saturated carbocycles. The van der Waals surface area contributed by atoms with Gasteiger partial charge in [-0.2, -0.15) is 0 Å². The van der Waals surface area contributed by atoms with Gasteiger partial charge in [-0.05, 0) is 37.6 Å². The van der Waals surface area contributed by atoms with Gasteiger partial charge in [0.25, 0.3) is 0 Å². The second-order valence-electron chi connectivity index (χ2n) is 5.85. The van der Waals surface area contributed by atoms with Gasteiger partial charge in [-0.25, -0.2) is 4.98 Å². The molecule has 0 amide bonds. The summed E-state index contributed by atoms with van der Waals surface area (Å²) in [5.41, 5.74) is 3.57. The molecular formula is C17H25N3O. The Morgan fingerprint density at radius 2 is 2.10 bits per heavy atom. The van der Waals surface area contributed by atoms with E-state index in [0.29, 0.717) is 6.04 Å². The fourth-order valence-corrected chi connectivity index (χ4v) is 2.40. The van der Waals surface area contributed by atoms with Crippen molar-refractivity contribution in [3.63, 3.8) is 0 Å². The minimum atomic E-state index is 0.453. The molecule has 0 atom stereocenters. The Hall–Kier alpha value is -1.81. The third-order valence-corrected chi connectivity index (χ3v) is 3.48. The van der Waals surface area contributed by atoms with Gasteiger partial charge in [0.1, 0.15) is 11.6 Å². The maximum absolute atomic E-state index is 5.44. The molecule has 2 aromatic rings. The standard InChI is InChI=1S/C17H25N3O/c1-12(2)18-10-16-13(3)9-14(4)19-17(16)20(5)11-15-7-6-8-21-15/h6-9,12,18H,10-11H2,1-5H3. The van der Waals surface area contributed by atoms with Crippen LogP contribution in [-0.2, 0) is 13.1 Å². The molecule has 1 N–H and O–H groups in total. The van der Waals surface area contributed by atoms with E-state index in [1.54, 1.807) is 6.26 Å². The SMILES string of the molecule is Cc1cc(C)c(CNC(C)C)c(N(C)Cc2ccco2)n1. The van der Waals surface area contributed by atoms with Crippen molar-refractivity contribution >= 4 is 5.82 Å². The molecule has 2 aromatic heterocycles. The normalized spacial score (nSPS) is 11.1. The van der Waals surface area contributed by atoms with Crippen LogP contribution in [0.25, 0.3) is 0 Å². The van der Waals surface area contributed by atoms with Crippen molar-refractivity contribution < 1.29 is 4.42 Å². The number of nitrogens with one attached hydrogen (secondary N) is 1. The van der Waals surface area contributed by atoms with E-state index in [4.69, 9.17) is 9.40 Å². The second-order valence-corrected chi connectivity index (χ2v) is 5.85. The minimum absolute atomic E-state index is 0.453. The van der Waals surface area contributed by atoms with E-state index >= 15 is 0 Å². The van der Waals surface area contributed by atoms with Crippen LogP contribution in [-0.4, -0.2) is 18.1 Å². The van der Waals surface area contributed by atoms with Crippen molar-refractivity contribution in [1.29, 1.82) is 0 Å². The third kappa shape index (κ3) is 4.08. The molecule has 21 heavy (non-hydrogen) atoms. The largest absolute Gasteiger partial charge is 0.467 e. The third-order valence-electron chi connectivity index (χ3n) is 3.48. The summed E-state index contributed by atoms with van der Waals surface area (Å²) >= 11 is 0. The Kier molecular flexibility index (Phi) is 5.02. The number of hydrogen-bond donors (Lipinski definition) is 1. The zero-order valence-corrected chi connectivity index (χ0v) is 13.6. The number of nitrogens with zero attached hydrogens (tertiary/aromatic N) is 2. The summed E-state index contributed by atoms with van der Waals surface area (Å²) in [4.78, 5) is 6.89. The molecule has 2 rings (SSSR count). The summed E-state index contributed by atoms with van der Waals surface area (Å²) in [6.45, 7) is 10.0. The quantitative estimate of drug-likeness (QED) is 0.884. The van der Waals surface area contributed by atoms with Crippen LogP contribution in [0.2, 0.25) is 0 Å². The highest BCUT2D eigenvalue weighted by Gasteiger charge is 2.14. The van der Waals surface area contributed by atoms with Crippen LogP contribution >= 0.6 is 0 Å². The van der Waals surface area contributed by atoms with Crippen molar-refractivity contribution in [2.24, 2.45) is 0 Å². The molecule has 0 bridgehead atoms. The highest BCUT2D eigenvalue weighted by atomic mass is 16.3. The summed E-state index contributed by atoms with van der Waals surface area (Å²) in [7, 11) is 2.06. The lowest BCUT2D eigenvalue weighted by Gasteiger charge is -2.23. The Morgan fingerprint density at radius 1 is 1.33 bits per heavy atom. The molecule has 0 spiro atoms. The van der Waals surface area contributed by atoms with E-state index in [-0.39, 0.29) is 0 Å². The van der Waals surface area contributed by atoms with Crippen molar-refractivity contribution in [1.82, 2.24) is 10.3 Å². The number of anilines is 1. The monoisotopic (exact) mass is 287 g/mol. The molecule has 0 aliphatic rings. The van der Waals surface area contributed by atoms with Crippen molar-refractivity contribution in [3.05, 3.63) is 47.0 Å². The lowest BCUT2D eigenvalue weighted by Crippen LogP contribution is -2.26. The molecule has 0 radical (unpaired) electrons. The van der Waals surface area contributed by atoms with Crippen LogP contribution in [0.3, 0.4) is 0 Å². The van der Waals surface area contributed by atoms with Gasteiger partial charge in [-0.3, -0.25) is 0 Å². The first kappa shape index (κ1) is 15.6. The fourth-order valence-electron chi connectivity index (χ4n) is 2.40. The lowest BCUT2D eigenvalue weighted by atomic mass is 10.1. The highest BCUT2D eigenvalue weighted by Crippen LogP contribution is 2.23. The lowest BCUT2D eigenvalue weighted by molar-refractivity contribution is 0.506. The van der Waals surface area contributed by atoms with Crippen LogP contribution in [0.5, 0.6) is 0 Å². The Balaban J connectivity index is 2.26. The van der Waals surface area contributed by atoms with Crippen LogP contribution < -0.4 is 10.2 Å². The number of furan rings is 1. The molecule has 4 heteroatoms. The van der Waals surface area contributed by atoms with Crippen LogP contribution in [0.1, 0.15) is 36.4 Å². The summed E-state index contributed by atoms with van der Waals surface area (Å²) in [6, 6.07) is 6.50. The first-order valence-corrected chi connectivity index (χ1v) is 7.41. The van der Waals surface area contributed by atoms with E-state index < -0.39 is 0 Å². The molecule has 0 saturated heterocycles. The Labute approximate surface area is 127 Å². The van der Waals surface area contributed by atoms with Gasteiger partial charge in [0.15, 0.2) is 0 Å². The van der Waals surface area contributed by atoms with E-state index in [0.717, 1.165) is 30.4 Å². The predicted octanol–water partition coefficient (Wildman–Crippen LogP) is 3.43. The molecule has 0 unspecified atom stereocenters. The zero-order chi connectivity index (χ0) is 15.4. The number of aryl methyl sites for hydroxylation is 2. The minimum Gasteiger partial charge on any atom is -0.467 e. The first-order chi connectivity index (χ1) is 9.97. The molecule has 2 heterocycles. The van der Waals surface area contributed by atoms with Crippen molar-refractivity contribution in [2.45, 2.75) is 46.8 Å². The molecule has 0 aliphatic heterocycles. The smallest absolute Gasteiger partial charge is 0.133 e. The summed E-state index contributed by atoms with van der Waals surface area (Å²) in [5.74, 6) is 1.97. The Morgan fingerprint density at radius 3 is 2.71 bits per heavy atom. The van der Waals surface area contributed by atoms with Gasteiger partial charge in [-0.1, -0.05) is 13.8 Å². The van der Waals surface area contributed by atoms with Gasteiger partial charge in [0, 0.05) is 30.9 Å². The zero-order valence-electron chi connectivity index (χ0n) is 13.6. The molecule has 0 aromatic carbocycles. The molecule has 4 nitrogen and oxygen atoms in total. The van der Waals surface area contributed by atoms with Gasteiger partial charge < -0.3 is 14.6 Å². The predicted molar refractivity (Wildman–Crippen MR) is 86.5 cm³/mol. The first-order valence-electron chi connectivity index (χ1n) is 7.41. The van der Waals surface area contributed by atoms with Crippen LogP contribution in [0, 0.1) is 13.8 Å². The summed E-state index contributed by atoms with van der Waals surface area (Å²) in [6.07, 6.45) is 1.71. The van der Waals surface area contributed by atoms with Gasteiger partial charge >= 0.3 is 0 Å².